The van der Waals surface area contributed by atoms with Crippen molar-refractivity contribution in [2.45, 2.75) is 6.92 Å². The Labute approximate surface area is 108 Å². The van der Waals surface area contributed by atoms with Crippen molar-refractivity contribution in [1.82, 2.24) is 15.0 Å². The normalized spacial score (nSPS) is 9.95. The molecular formula is C11H12N6O2. The number of rotatable bonds is 3. The molecule has 0 aliphatic heterocycles. The number of pyridine rings is 1. The van der Waals surface area contributed by atoms with Crippen molar-refractivity contribution >= 4 is 23.2 Å². The number of nitrogens with two attached hydrogens (primary N) is 2. The average molecular weight is 260 g/mol. The van der Waals surface area contributed by atoms with Gasteiger partial charge in [-0.25, -0.2) is 9.97 Å². The lowest BCUT2D eigenvalue weighted by molar-refractivity contribution is -0.114. The predicted molar refractivity (Wildman–Crippen MR) is 69.5 cm³/mol. The number of hydrogen-bond acceptors (Lipinski definition) is 7. The maximum absolute atomic E-state index is 10.9. The van der Waals surface area contributed by atoms with E-state index in [2.05, 4.69) is 20.3 Å². The minimum absolute atomic E-state index is 0.0617. The van der Waals surface area contributed by atoms with E-state index in [0.717, 1.165) is 0 Å². The van der Waals surface area contributed by atoms with Crippen LogP contribution in [-0.2, 0) is 4.79 Å². The Morgan fingerprint density at radius 3 is 2.84 bits per heavy atom. The molecule has 5 N–H and O–H groups in total. The zero-order valence-electron chi connectivity index (χ0n) is 10.1. The zero-order chi connectivity index (χ0) is 13.8. The molecule has 0 bridgehead atoms. The van der Waals surface area contributed by atoms with Gasteiger partial charge >= 0.3 is 6.01 Å². The first-order valence-electron chi connectivity index (χ1n) is 5.34. The fourth-order valence-corrected chi connectivity index (χ4v) is 1.27. The van der Waals surface area contributed by atoms with Gasteiger partial charge in [-0.3, -0.25) is 4.79 Å². The van der Waals surface area contributed by atoms with Gasteiger partial charge in [0.25, 0.3) is 0 Å². The van der Waals surface area contributed by atoms with Crippen molar-refractivity contribution in [3.8, 4) is 11.8 Å². The van der Waals surface area contributed by atoms with Gasteiger partial charge in [0.2, 0.25) is 5.91 Å². The average Bonchev–Trinajstić information content (AvgIpc) is 2.33. The van der Waals surface area contributed by atoms with Gasteiger partial charge < -0.3 is 21.5 Å². The Morgan fingerprint density at radius 2 is 2.16 bits per heavy atom. The lowest BCUT2D eigenvalue weighted by atomic mass is 10.4. The SMILES string of the molecule is CC(=O)Nc1cc(Oc2ncc(N)c(N)n2)ccn1. The second kappa shape index (κ2) is 5.17. The van der Waals surface area contributed by atoms with Crippen LogP contribution in [0.15, 0.2) is 24.5 Å². The van der Waals surface area contributed by atoms with Crippen LogP contribution < -0.4 is 21.5 Å². The van der Waals surface area contributed by atoms with Crippen LogP contribution in [0.5, 0.6) is 11.8 Å². The molecular weight excluding hydrogens is 248 g/mol. The number of nitrogens with one attached hydrogen (secondary N) is 1. The molecule has 0 atom stereocenters. The van der Waals surface area contributed by atoms with Crippen LogP contribution in [0.1, 0.15) is 6.92 Å². The molecule has 0 saturated heterocycles. The second-order valence-electron chi connectivity index (χ2n) is 3.65. The minimum Gasteiger partial charge on any atom is -0.424 e. The fraction of sp³-hybridized carbons (Fsp3) is 0.0909. The molecule has 0 unspecified atom stereocenters. The Morgan fingerprint density at radius 1 is 1.37 bits per heavy atom. The van der Waals surface area contributed by atoms with E-state index in [4.69, 9.17) is 16.2 Å². The van der Waals surface area contributed by atoms with Gasteiger partial charge in [-0.15, -0.1) is 0 Å². The second-order valence-corrected chi connectivity index (χ2v) is 3.65. The molecule has 2 aromatic rings. The number of anilines is 3. The molecule has 98 valence electrons. The van der Waals surface area contributed by atoms with Crippen LogP contribution in [0.4, 0.5) is 17.3 Å². The molecule has 2 heterocycles. The maximum Gasteiger partial charge on any atom is 0.324 e. The van der Waals surface area contributed by atoms with E-state index >= 15 is 0 Å². The lowest BCUT2D eigenvalue weighted by Gasteiger charge is -2.06. The highest BCUT2D eigenvalue weighted by Gasteiger charge is 2.05. The van der Waals surface area contributed by atoms with E-state index in [-0.39, 0.29) is 23.4 Å². The highest BCUT2D eigenvalue weighted by atomic mass is 16.5. The van der Waals surface area contributed by atoms with Gasteiger partial charge in [0, 0.05) is 19.2 Å². The fourth-order valence-electron chi connectivity index (χ4n) is 1.27. The number of ether oxygens (including phenoxy) is 1. The maximum atomic E-state index is 10.9. The molecule has 0 aromatic carbocycles. The third kappa shape index (κ3) is 3.28. The van der Waals surface area contributed by atoms with Crippen LogP contribution in [0.2, 0.25) is 0 Å². The Balaban J connectivity index is 2.18. The molecule has 19 heavy (non-hydrogen) atoms. The van der Waals surface area contributed by atoms with Crippen molar-refractivity contribution in [2.24, 2.45) is 0 Å². The van der Waals surface area contributed by atoms with Crippen LogP contribution in [-0.4, -0.2) is 20.9 Å². The summed E-state index contributed by atoms with van der Waals surface area (Å²) >= 11 is 0. The van der Waals surface area contributed by atoms with Crippen molar-refractivity contribution in [2.75, 3.05) is 16.8 Å². The molecule has 2 aromatic heterocycles. The smallest absolute Gasteiger partial charge is 0.324 e. The van der Waals surface area contributed by atoms with Crippen molar-refractivity contribution in [3.05, 3.63) is 24.5 Å². The number of carbonyl (C=O) groups is 1. The Kier molecular flexibility index (Phi) is 3.42. The molecule has 8 nitrogen and oxygen atoms in total. The number of aromatic nitrogens is 3. The van der Waals surface area contributed by atoms with Crippen molar-refractivity contribution in [1.29, 1.82) is 0 Å². The minimum atomic E-state index is -0.224. The number of carbonyl (C=O) groups excluding carboxylic acids is 1. The van der Waals surface area contributed by atoms with E-state index in [1.165, 1.54) is 25.4 Å². The summed E-state index contributed by atoms with van der Waals surface area (Å²) in [7, 11) is 0. The van der Waals surface area contributed by atoms with Gasteiger partial charge in [0.1, 0.15) is 11.6 Å². The number of nitrogens with zero attached hydrogens (tertiary/aromatic N) is 3. The summed E-state index contributed by atoms with van der Waals surface area (Å²) in [6.45, 7) is 1.39. The standard InChI is InChI=1S/C11H12N6O2/c1-6(18)16-9-4-7(2-3-14-9)19-11-15-5-8(12)10(13)17-11/h2-5H,12H2,1H3,(H2,13,15,17)(H,14,16,18). The third-order valence-electron chi connectivity index (χ3n) is 2.07. The van der Waals surface area contributed by atoms with Crippen molar-refractivity contribution < 1.29 is 9.53 Å². The third-order valence-corrected chi connectivity index (χ3v) is 2.07. The molecule has 0 aliphatic carbocycles. The monoisotopic (exact) mass is 260 g/mol. The van der Waals surface area contributed by atoms with Crippen LogP contribution in [0.3, 0.4) is 0 Å². The van der Waals surface area contributed by atoms with Gasteiger partial charge in [0.05, 0.1) is 11.9 Å². The summed E-state index contributed by atoms with van der Waals surface area (Å²) in [5.41, 5.74) is 11.3. The molecule has 1 amide bonds. The highest BCUT2D eigenvalue weighted by Crippen LogP contribution is 2.21. The molecule has 0 radical (unpaired) electrons. The summed E-state index contributed by atoms with van der Waals surface area (Å²) in [5.74, 6) is 0.704. The molecule has 0 spiro atoms. The van der Waals surface area contributed by atoms with Crippen LogP contribution in [0, 0.1) is 0 Å². The molecule has 2 rings (SSSR count). The molecule has 0 aliphatic rings. The summed E-state index contributed by atoms with van der Waals surface area (Å²) in [5, 5.41) is 2.54. The van der Waals surface area contributed by atoms with E-state index < -0.39 is 0 Å². The first-order chi connectivity index (χ1) is 9.04. The highest BCUT2D eigenvalue weighted by molar-refractivity contribution is 5.87. The van der Waals surface area contributed by atoms with E-state index in [9.17, 15) is 4.79 Å². The summed E-state index contributed by atoms with van der Waals surface area (Å²) in [6, 6.07) is 3.20. The van der Waals surface area contributed by atoms with Gasteiger partial charge in [-0.2, -0.15) is 4.98 Å². The Bertz CT molecular complexity index is 616. The Hall–Kier alpha value is -2.90. The number of amides is 1. The van der Waals surface area contributed by atoms with E-state index in [1.807, 2.05) is 0 Å². The first kappa shape index (κ1) is 12.6. The first-order valence-corrected chi connectivity index (χ1v) is 5.34. The van der Waals surface area contributed by atoms with Crippen LogP contribution >= 0.6 is 0 Å². The lowest BCUT2D eigenvalue weighted by Crippen LogP contribution is -2.07. The topological polar surface area (TPSA) is 129 Å². The van der Waals surface area contributed by atoms with Gasteiger partial charge in [-0.1, -0.05) is 0 Å². The summed E-state index contributed by atoms with van der Waals surface area (Å²) in [6.07, 6.45) is 2.84. The van der Waals surface area contributed by atoms with E-state index in [0.29, 0.717) is 11.6 Å². The predicted octanol–water partition coefficient (Wildman–Crippen LogP) is 0.787. The zero-order valence-corrected chi connectivity index (χ0v) is 10.1. The number of nitrogen functional groups attached to an aromatic ring is 2. The number of hydrogen-bond donors (Lipinski definition) is 3. The molecule has 0 saturated carbocycles. The van der Waals surface area contributed by atoms with Crippen molar-refractivity contribution in [3.63, 3.8) is 0 Å². The summed E-state index contributed by atoms with van der Waals surface area (Å²) in [4.78, 5) is 22.6. The summed E-state index contributed by atoms with van der Waals surface area (Å²) < 4.78 is 5.39. The van der Waals surface area contributed by atoms with E-state index in [1.54, 1.807) is 6.07 Å². The van der Waals surface area contributed by atoms with Gasteiger partial charge in [-0.05, 0) is 6.07 Å². The van der Waals surface area contributed by atoms with Crippen LogP contribution in [0.25, 0.3) is 0 Å². The van der Waals surface area contributed by atoms with Gasteiger partial charge in [0.15, 0.2) is 5.82 Å². The quantitative estimate of drug-likeness (QED) is 0.743. The largest absolute Gasteiger partial charge is 0.424 e. The molecule has 0 fully saturated rings. The molecule has 8 heteroatoms.